The van der Waals surface area contributed by atoms with Crippen molar-refractivity contribution in [2.45, 2.75) is 5.92 Å². The van der Waals surface area contributed by atoms with Crippen molar-refractivity contribution in [3.63, 3.8) is 0 Å². The van der Waals surface area contributed by atoms with E-state index in [0.717, 1.165) is 0 Å². The molecule has 2 rings (SSSR count). The lowest BCUT2D eigenvalue weighted by Crippen LogP contribution is -2.13. The highest BCUT2D eigenvalue weighted by atomic mass is 16.5. The molecular weight excluding hydrogens is 212 g/mol. The predicted molar refractivity (Wildman–Crippen MR) is 55.4 cm³/mol. The van der Waals surface area contributed by atoms with Crippen molar-refractivity contribution in [2.75, 3.05) is 20.8 Å². The van der Waals surface area contributed by atoms with Gasteiger partial charge in [-0.15, -0.1) is 0 Å². The molecule has 0 saturated heterocycles. The molecule has 1 unspecified atom stereocenters. The van der Waals surface area contributed by atoms with Crippen molar-refractivity contribution < 1.29 is 24.1 Å². The number of carboxylic acids is 1. The van der Waals surface area contributed by atoms with E-state index in [2.05, 4.69) is 0 Å². The molecular formula is C11H12O5. The number of carbonyl (C=O) groups is 1. The first-order valence-electron chi connectivity index (χ1n) is 4.79. The number of carboxylic acid groups (broad SMARTS) is 1. The Kier molecular flexibility index (Phi) is 2.60. The van der Waals surface area contributed by atoms with Crippen molar-refractivity contribution in [3.05, 3.63) is 17.7 Å². The van der Waals surface area contributed by atoms with Crippen LogP contribution >= 0.6 is 0 Å². The molecule has 0 aromatic heterocycles. The zero-order chi connectivity index (χ0) is 11.7. The molecule has 0 spiro atoms. The highest BCUT2D eigenvalue weighted by molar-refractivity contribution is 5.81. The van der Waals surface area contributed by atoms with Crippen LogP contribution in [0.2, 0.25) is 0 Å². The highest BCUT2D eigenvalue weighted by Crippen LogP contribution is 2.46. The Balaban J connectivity index is 2.57. The lowest BCUT2D eigenvalue weighted by Gasteiger charge is -2.11. The van der Waals surface area contributed by atoms with Gasteiger partial charge < -0.3 is 19.3 Å². The van der Waals surface area contributed by atoms with Crippen LogP contribution in [-0.2, 0) is 4.79 Å². The van der Waals surface area contributed by atoms with Crippen LogP contribution in [0.15, 0.2) is 12.1 Å². The third-order valence-electron chi connectivity index (χ3n) is 2.60. The second-order valence-electron chi connectivity index (χ2n) is 3.41. The van der Waals surface area contributed by atoms with Gasteiger partial charge in [0.15, 0.2) is 11.5 Å². The molecule has 0 radical (unpaired) electrons. The molecule has 1 heterocycles. The Morgan fingerprint density at radius 2 is 2.00 bits per heavy atom. The van der Waals surface area contributed by atoms with Crippen LogP contribution in [0.3, 0.4) is 0 Å². The smallest absolute Gasteiger partial charge is 0.314 e. The average molecular weight is 224 g/mol. The van der Waals surface area contributed by atoms with E-state index < -0.39 is 11.9 Å². The SMILES string of the molecule is COc1ccc(OC)c2c1OCC2C(=O)O. The van der Waals surface area contributed by atoms with Gasteiger partial charge >= 0.3 is 5.97 Å². The van der Waals surface area contributed by atoms with Gasteiger partial charge in [0, 0.05) is 0 Å². The summed E-state index contributed by atoms with van der Waals surface area (Å²) < 4.78 is 15.6. The zero-order valence-electron chi connectivity index (χ0n) is 9.02. The minimum Gasteiger partial charge on any atom is -0.496 e. The Labute approximate surface area is 92.5 Å². The standard InChI is InChI=1S/C11H12O5/c1-14-7-3-4-8(15-2)10-9(7)6(5-16-10)11(12)13/h3-4,6H,5H2,1-2H3,(H,12,13). The van der Waals surface area contributed by atoms with Crippen molar-refractivity contribution >= 4 is 5.97 Å². The van der Waals surface area contributed by atoms with Gasteiger partial charge in [-0.05, 0) is 12.1 Å². The third-order valence-corrected chi connectivity index (χ3v) is 2.60. The number of aliphatic carboxylic acids is 1. The molecule has 1 aromatic carbocycles. The van der Waals surface area contributed by atoms with E-state index in [1.165, 1.54) is 14.2 Å². The molecule has 1 N–H and O–H groups in total. The third kappa shape index (κ3) is 1.44. The van der Waals surface area contributed by atoms with Crippen molar-refractivity contribution in [2.24, 2.45) is 0 Å². The average Bonchev–Trinajstić information content (AvgIpc) is 2.72. The molecule has 5 heteroatoms. The lowest BCUT2D eigenvalue weighted by atomic mass is 10.00. The summed E-state index contributed by atoms with van der Waals surface area (Å²) in [7, 11) is 3.01. The molecule has 1 aliphatic heterocycles. The lowest BCUT2D eigenvalue weighted by molar-refractivity contribution is -0.139. The normalized spacial score (nSPS) is 17.5. The first kappa shape index (κ1) is 10.6. The van der Waals surface area contributed by atoms with E-state index in [0.29, 0.717) is 22.8 Å². The second-order valence-corrected chi connectivity index (χ2v) is 3.41. The Bertz CT molecular complexity index is 427. The zero-order valence-corrected chi connectivity index (χ0v) is 9.02. The topological polar surface area (TPSA) is 65.0 Å². The fourth-order valence-electron chi connectivity index (χ4n) is 1.82. The molecule has 0 bridgehead atoms. The van der Waals surface area contributed by atoms with E-state index in [1.807, 2.05) is 0 Å². The van der Waals surface area contributed by atoms with Crippen molar-refractivity contribution in [1.82, 2.24) is 0 Å². The molecule has 16 heavy (non-hydrogen) atoms. The minimum atomic E-state index is -0.926. The fraction of sp³-hybridized carbons (Fsp3) is 0.364. The summed E-state index contributed by atoms with van der Waals surface area (Å²) in [6, 6.07) is 3.38. The summed E-state index contributed by atoms with van der Waals surface area (Å²) in [6.07, 6.45) is 0. The predicted octanol–water partition coefficient (Wildman–Crippen LogP) is 1.26. The van der Waals surface area contributed by atoms with Gasteiger partial charge in [0.2, 0.25) is 0 Å². The van der Waals surface area contributed by atoms with Crippen LogP contribution in [0.1, 0.15) is 11.5 Å². The minimum absolute atomic E-state index is 0.112. The summed E-state index contributed by atoms with van der Waals surface area (Å²) in [5, 5.41) is 9.07. The summed E-state index contributed by atoms with van der Waals surface area (Å²) in [6.45, 7) is 0.112. The van der Waals surface area contributed by atoms with Gasteiger partial charge in [0.25, 0.3) is 0 Å². The maximum atomic E-state index is 11.1. The molecule has 1 aliphatic rings. The maximum absolute atomic E-state index is 11.1. The Morgan fingerprint density at radius 1 is 1.38 bits per heavy atom. The number of fused-ring (bicyclic) bond motifs is 1. The molecule has 1 aromatic rings. The van der Waals surface area contributed by atoms with Crippen LogP contribution in [0, 0.1) is 0 Å². The summed E-state index contributed by atoms with van der Waals surface area (Å²) in [5.74, 6) is -0.111. The number of methoxy groups -OCH3 is 2. The molecule has 0 aliphatic carbocycles. The summed E-state index contributed by atoms with van der Waals surface area (Å²) in [4.78, 5) is 11.1. The summed E-state index contributed by atoms with van der Waals surface area (Å²) in [5.41, 5.74) is 0.550. The number of rotatable bonds is 3. The molecule has 1 atom stereocenters. The van der Waals surface area contributed by atoms with Gasteiger partial charge in [0.05, 0.1) is 19.8 Å². The van der Waals surface area contributed by atoms with Crippen LogP contribution in [0.5, 0.6) is 17.2 Å². The van der Waals surface area contributed by atoms with E-state index in [-0.39, 0.29) is 6.61 Å². The van der Waals surface area contributed by atoms with E-state index in [4.69, 9.17) is 19.3 Å². The fourth-order valence-corrected chi connectivity index (χ4v) is 1.82. The van der Waals surface area contributed by atoms with Gasteiger partial charge in [-0.3, -0.25) is 4.79 Å². The number of benzene rings is 1. The van der Waals surface area contributed by atoms with Crippen LogP contribution in [-0.4, -0.2) is 31.9 Å². The monoisotopic (exact) mass is 224 g/mol. The first-order chi connectivity index (χ1) is 7.69. The second kappa shape index (κ2) is 3.92. The molecule has 0 fully saturated rings. The van der Waals surface area contributed by atoms with E-state index in [1.54, 1.807) is 12.1 Å². The molecule has 0 saturated carbocycles. The van der Waals surface area contributed by atoms with Gasteiger partial charge in [-0.2, -0.15) is 0 Å². The number of hydrogen-bond donors (Lipinski definition) is 1. The quantitative estimate of drug-likeness (QED) is 0.837. The van der Waals surface area contributed by atoms with Crippen LogP contribution < -0.4 is 14.2 Å². The molecule has 5 nitrogen and oxygen atoms in total. The highest BCUT2D eigenvalue weighted by Gasteiger charge is 2.35. The van der Waals surface area contributed by atoms with Gasteiger partial charge in [-0.25, -0.2) is 0 Å². The van der Waals surface area contributed by atoms with Gasteiger partial charge in [0.1, 0.15) is 18.3 Å². The van der Waals surface area contributed by atoms with E-state index in [9.17, 15) is 4.79 Å². The largest absolute Gasteiger partial charge is 0.496 e. The summed E-state index contributed by atoms with van der Waals surface area (Å²) >= 11 is 0. The van der Waals surface area contributed by atoms with Crippen molar-refractivity contribution in [3.8, 4) is 17.2 Å². The van der Waals surface area contributed by atoms with Gasteiger partial charge in [-0.1, -0.05) is 0 Å². The molecule has 86 valence electrons. The van der Waals surface area contributed by atoms with Crippen molar-refractivity contribution in [1.29, 1.82) is 0 Å². The maximum Gasteiger partial charge on any atom is 0.314 e. The Hall–Kier alpha value is -1.91. The van der Waals surface area contributed by atoms with E-state index >= 15 is 0 Å². The van der Waals surface area contributed by atoms with Crippen LogP contribution in [0.25, 0.3) is 0 Å². The van der Waals surface area contributed by atoms with Crippen LogP contribution in [0.4, 0.5) is 0 Å². The first-order valence-corrected chi connectivity index (χ1v) is 4.79. The number of ether oxygens (including phenoxy) is 3. The Morgan fingerprint density at radius 3 is 2.56 bits per heavy atom. The number of hydrogen-bond acceptors (Lipinski definition) is 4. The molecule has 0 amide bonds.